The zero-order valence-electron chi connectivity index (χ0n) is 18.8. The van der Waals surface area contributed by atoms with Gasteiger partial charge in [0.25, 0.3) is 5.91 Å². The number of nitrogens with zero attached hydrogens (tertiary/aromatic N) is 1. The first-order chi connectivity index (χ1) is 16.9. The third kappa shape index (κ3) is 6.42. The first-order valence-corrected chi connectivity index (χ1v) is 13.3. The Morgan fingerprint density at radius 3 is 2.26 bits per heavy atom. The number of amides is 2. The number of thiocarbonyl (C=S) groups is 1. The lowest BCUT2D eigenvalue weighted by molar-refractivity contribution is -0.120. The Morgan fingerprint density at radius 1 is 1.00 bits per heavy atom. The molecule has 5 nitrogen and oxygen atoms in total. The summed E-state index contributed by atoms with van der Waals surface area (Å²) in [6.07, 6.45) is 3.36. The Bertz CT molecular complexity index is 1340. The highest BCUT2D eigenvalue weighted by Crippen LogP contribution is 2.35. The maximum Gasteiger partial charge on any atom is 0.270 e. The van der Waals surface area contributed by atoms with Gasteiger partial charge in [-0.1, -0.05) is 96.8 Å². The molecule has 1 aliphatic heterocycles. The number of thioether (sulfide) groups is 1. The quantitative estimate of drug-likeness (QED) is 0.317. The predicted molar refractivity (Wildman–Crippen MR) is 148 cm³/mol. The average Bonchev–Trinajstić information content (AvgIpc) is 3.11. The first-order valence-electron chi connectivity index (χ1n) is 10.7. The molecule has 0 aliphatic carbocycles. The topological polar surface area (TPSA) is 66.5 Å². The van der Waals surface area contributed by atoms with Gasteiger partial charge in [0.1, 0.15) is 0 Å². The normalized spacial score (nSPS) is 16.0. The molecule has 1 saturated heterocycles. The van der Waals surface area contributed by atoms with E-state index in [0.29, 0.717) is 25.6 Å². The van der Waals surface area contributed by atoms with Crippen LogP contribution in [-0.2, 0) is 26.1 Å². The summed E-state index contributed by atoms with van der Waals surface area (Å²) < 4.78 is 13.8. The van der Waals surface area contributed by atoms with Crippen LogP contribution in [0.1, 0.15) is 23.6 Å². The minimum absolute atomic E-state index is 0.149. The summed E-state index contributed by atoms with van der Waals surface area (Å²) in [4.78, 5) is 26.8. The largest absolute Gasteiger partial charge is 0.326 e. The molecule has 176 valence electrons. The van der Waals surface area contributed by atoms with E-state index in [1.165, 1.54) is 23.6 Å². The highest BCUT2D eigenvalue weighted by atomic mass is 32.2. The highest BCUT2D eigenvalue weighted by molar-refractivity contribution is 8.26. The molecule has 35 heavy (non-hydrogen) atoms. The molecule has 0 aromatic heterocycles. The third-order valence-corrected chi connectivity index (χ3v) is 7.80. The molecule has 3 aromatic carbocycles. The summed E-state index contributed by atoms with van der Waals surface area (Å²) >= 11 is 6.70. The minimum atomic E-state index is -1.40. The number of nitrogens with one attached hydrogen (secondary N) is 1. The van der Waals surface area contributed by atoms with Crippen molar-refractivity contribution in [3.8, 4) is 0 Å². The van der Waals surface area contributed by atoms with E-state index in [-0.39, 0.29) is 11.8 Å². The first kappa shape index (κ1) is 24.8. The number of rotatable bonds is 7. The molecule has 8 heteroatoms. The van der Waals surface area contributed by atoms with Gasteiger partial charge in [0.05, 0.1) is 26.4 Å². The maximum atomic E-state index is 13.4. The van der Waals surface area contributed by atoms with Gasteiger partial charge < -0.3 is 5.32 Å². The van der Waals surface area contributed by atoms with Crippen molar-refractivity contribution < 1.29 is 13.8 Å². The Balaban J connectivity index is 1.61. The monoisotopic (exact) mass is 518 g/mol. The van der Waals surface area contributed by atoms with Gasteiger partial charge in [-0.05, 0) is 34.9 Å². The van der Waals surface area contributed by atoms with Crippen molar-refractivity contribution in [1.82, 2.24) is 4.90 Å². The maximum absolute atomic E-state index is 13.4. The van der Waals surface area contributed by atoms with Gasteiger partial charge in [-0.15, -0.1) is 0 Å². The molecule has 0 saturated carbocycles. The van der Waals surface area contributed by atoms with Crippen molar-refractivity contribution in [2.24, 2.45) is 0 Å². The number of hydrogen-bond acceptors (Lipinski definition) is 5. The van der Waals surface area contributed by atoms with Crippen molar-refractivity contribution in [3.05, 3.63) is 113 Å². The van der Waals surface area contributed by atoms with Crippen LogP contribution in [0.25, 0.3) is 11.0 Å². The van der Waals surface area contributed by atoms with Crippen molar-refractivity contribution in [2.45, 2.75) is 12.7 Å². The fourth-order valence-corrected chi connectivity index (χ4v) is 5.88. The second-order valence-electron chi connectivity index (χ2n) is 7.69. The molecule has 1 aliphatic rings. The Hall–Kier alpha value is -3.33. The van der Waals surface area contributed by atoms with Crippen LogP contribution >= 0.6 is 24.0 Å². The summed E-state index contributed by atoms with van der Waals surface area (Å²) in [5.74, 6) is -0.0901. The molecule has 3 aromatic rings. The van der Waals surface area contributed by atoms with Crippen molar-refractivity contribution in [2.75, 3.05) is 5.32 Å². The fourth-order valence-electron chi connectivity index (χ4n) is 3.40. The molecule has 4 rings (SSSR count). The predicted octanol–water partition coefficient (Wildman–Crippen LogP) is 5.79. The summed E-state index contributed by atoms with van der Waals surface area (Å²) in [5, 5.41) is 2.72. The number of hydrogen-bond donors (Lipinski definition) is 1. The number of carbonyl (C=O) groups excluding carboxylic acids is 2. The molecular formula is C27H22N2O3S3. The lowest BCUT2D eigenvalue weighted by Crippen LogP contribution is -2.22. The van der Waals surface area contributed by atoms with E-state index >= 15 is 0 Å². The van der Waals surface area contributed by atoms with Crippen molar-refractivity contribution in [1.29, 1.82) is 0 Å². The molecule has 2 amide bonds. The second kappa shape index (κ2) is 11.4. The van der Waals surface area contributed by atoms with Crippen molar-refractivity contribution >= 4 is 67.6 Å². The smallest absolute Gasteiger partial charge is 0.270 e. The van der Waals surface area contributed by atoms with E-state index in [4.69, 9.17) is 12.2 Å². The second-order valence-corrected chi connectivity index (χ2v) is 10.8. The van der Waals surface area contributed by atoms with Gasteiger partial charge in [0.2, 0.25) is 5.91 Å². The van der Waals surface area contributed by atoms with E-state index < -0.39 is 10.8 Å². The molecule has 1 unspecified atom stereocenters. The Kier molecular flexibility index (Phi) is 8.07. The lowest BCUT2D eigenvalue weighted by Gasteiger charge is -2.14. The van der Waals surface area contributed by atoms with Crippen molar-refractivity contribution in [3.63, 3.8) is 0 Å². The highest BCUT2D eigenvalue weighted by Gasteiger charge is 2.32. The molecule has 0 bridgehead atoms. The van der Waals surface area contributed by atoms with E-state index in [2.05, 4.69) is 5.32 Å². The van der Waals surface area contributed by atoms with Gasteiger partial charge in [-0.25, -0.2) is 0 Å². The molecule has 1 atom stereocenters. The van der Waals surface area contributed by atoms with Crippen LogP contribution in [0.3, 0.4) is 0 Å². The molecule has 0 radical (unpaired) electrons. The standard InChI is InChI=1S/C27H22N2O3S3/c1-19(30)28-23-14-12-20(13-15-23)16-24-26(31)29(27(33)34-24)17-25(22-10-6-3-7-11-22)35(32)18-21-8-4-2-5-9-21/h2-17H,18H2,1H3,(H,28,30)/b24-16-,25-17+. The van der Waals surface area contributed by atoms with E-state index in [0.717, 1.165) is 16.7 Å². The fraction of sp³-hybridized carbons (Fsp3) is 0.0741. The van der Waals surface area contributed by atoms with Gasteiger partial charge in [0, 0.05) is 18.8 Å². The SMILES string of the molecule is CC(=O)Nc1ccc(/C=C2\SC(=S)N(/C=C(\c3ccccc3)S(=O)Cc3ccccc3)C2=O)cc1. The van der Waals surface area contributed by atoms with Crippen LogP contribution in [0, 0.1) is 0 Å². The molecule has 0 spiro atoms. The third-order valence-electron chi connectivity index (χ3n) is 5.04. The van der Waals surface area contributed by atoms with Crippen LogP contribution in [0.4, 0.5) is 5.69 Å². The summed E-state index contributed by atoms with van der Waals surface area (Å²) in [5.41, 5.74) is 3.20. The Labute approximate surface area is 216 Å². The van der Waals surface area contributed by atoms with Crippen LogP contribution < -0.4 is 5.32 Å². The van der Waals surface area contributed by atoms with E-state index in [9.17, 15) is 13.8 Å². The summed E-state index contributed by atoms with van der Waals surface area (Å²) in [6.45, 7) is 1.45. The van der Waals surface area contributed by atoms with Crippen LogP contribution in [-0.4, -0.2) is 25.2 Å². The summed E-state index contributed by atoms with van der Waals surface area (Å²) in [6, 6.07) is 26.2. The van der Waals surface area contributed by atoms with E-state index in [1.54, 1.807) is 24.4 Å². The molecule has 1 fully saturated rings. The van der Waals surface area contributed by atoms with Gasteiger partial charge >= 0.3 is 0 Å². The summed E-state index contributed by atoms with van der Waals surface area (Å²) in [7, 11) is -1.40. The average molecular weight is 519 g/mol. The number of benzene rings is 3. The van der Waals surface area contributed by atoms with E-state index in [1.807, 2.05) is 72.8 Å². The van der Waals surface area contributed by atoms with Crippen LogP contribution in [0.15, 0.2) is 96.0 Å². The minimum Gasteiger partial charge on any atom is -0.326 e. The zero-order chi connectivity index (χ0) is 24.8. The molecule has 1 N–H and O–H groups in total. The van der Waals surface area contributed by atoms with Gasteiger partial charge in [-0.3, -0.25) is 18.7 Å². The number of carbonyl (C=O) groups is 2. The number of anilines is 1. The Morgan fingerprint density at radius 2 is 1.63 bits per heavy atom. The van der Waals surface area contributed by atoms with Crippen LogP contribution in [0.2, 0.25) is 0 Å². The lowest BCUT2D eigenvalue weighted by atomic mass is 10.2. The zero-order valence-corrected chi connectivity index (χ0v) is 21.3. The van der Waals surface area contributed by atoms with Gasteiger partial charge in [-0.2, -0.15) is 0 Å². The molecular weight excluding hydrogens is 497 g/mol. The van der Waals surface area contributed by atoms with Gasteiger partial charge in [0.15, 0.2) is 4.32 Å². The van der Waals surface area contributed by atoms with Crippen LogP contribution in [0.5, 0.6) is 0 Å². The molecule has 1 heterocycles.